The first-order valence-electron chi connectivity index (χ1n) is 8.23. The van der Waals surface area contributed by atoms with E-state index in [1.54, 1.807) is 31.5 Å². The summed E-state index contributed by atoms with van der Waals surface area (Å²) in [6.45, 7) is 1.75. The van der Waals surface area contributed by atoms with Crippen LogP contribution in [0, 0.1) is 12.1 Å². The van der Waals surface area contributed by atoms with Crippen molar-refractivity contribution in [2.24, 2.45) is 0 Å². The number of hydrogen-bond acceptors (Lipinski definition) is 6. The second-order valence-corrected chi connectivity index (χ2v) is 7.93. The van der Waals surface area contributed by atoms with Crippen molar-refractivity contribution in [1.82, 2.24) is 19.5 Å². The molecule has 132 valence electrons. The van der Waals surface area contributed by atoms with Gasteiger partial charge >= 0.3 is 0 Å². The second-order valence-electron chi connectivity index (χ2n) is 6.34. The molecule has 1 aliphatic rings. The number of halogens is 1. The predicted molar refractivity (Wildman–Crippen MR) is 99.4 cm³/mol. The maximum atomic E-state index is 12.7. The highest BCUT2D eigenvalue weighted by atomic mass is 35.5. The number of rotatable bonds is 2. The van der Waals surface area contributed by atoms with Crippen molar-refractivity contribution in [2.45, 2.75) is 19.3 Å². The molecule has 3 aromatic heterocycles. The van der Waals surface area contributed by atoms with Crippen molar-refractivity contribution in [3.8, 4) is 11.5 Å². The van der Waals surface area contributed by atoms with Crippen LogP contribution < -0.4 is 4.73 Å². The Balaban J connectivity index is 1.72. The molecule has 0 bridgehead atoms. The maximum absolute atomic E-state index is 12.7. The molecule has 26 heavy (non-hydrogen) atoms. The van der Waals surface area contributed by atoms with Gasteiger partial charge in [-0.2, -0.15) is 21.5 Å². The monoisotopic (exact) mass is 387 g/mol. The molecule has 4 heterocycles. The number of fused-ring (bicyclic) bond motifs is 3. The van der Waals surface area contributed by atoms with Crippen LogP contribution in [0.1, 0.15) is 23.9 Å². The smallest absolute Gasteiger partial charge is 0.242 e. The van der Waals surface area contributed by atoms with E-state index in [2.05, 4.69) is 15.1 Å². The molecule has 0 saturated carbocycles. The third-order valence-corrected chi connectivity index (χ3v) is 6.16. The fourth-order valence-electron chi connectivity index (χ4n) is 3.41. The van der Waals surface area contributed by atoms with Crippen LogP contribution in [0.15, 0.2) is 29.0 Å². The van der Waals surface area contributed by atoms with Gasteiger partial charge < -0.3 is 9.73 Å². The first-order chi connectivity index (χ1) is 12.6. The number of aromatic nitrogens is 5. The van der Waals surface area contributed by atoms with Crippen molar-refractivity contribution in [1.29, 1.82) is 0 Å². The van der Waals surface area contributed by atoms with Crippen molar-refractivity contribution in [2.75, 3.05) is 11.5 Å². The summed E-state index contributed by atoms with van der Waals surface area (Å²) in [6.07, 6.45) is 2.72. The Labute approximate surface area is 157 Å². The molecule has 0 N–H and O–H groups in total. The Bertz CT molecular complexity index is 1150. The van der Waals surface area contributed by atoms with Crippen LogP contribution in [-0.2, 0) is 0 Å². The third kappa shape index (κ3) is 2.29. The number of nitrogens with zero attached hydrogens (tertiary/aromatic N) is 5. The lowest BCUT2D eigenvalue weighted by Crippen LogP contribution is -2.32. The van der Waals surface area contributed by atoms with E-state index in [1.165, 1.54) is 0 Å². The van der Waals surface area contributed by atoms with E-state index in [9.17, 15) is 5.21 Å². The molecule has 0 amide bonds. The summed E-state index contributed by atoms with van der Waals surface area (Å²) in [7, 11) is 0. The van der Waals surface area contributed by atoms with E-state index in [0.29, 0.717) is 45.1 Å². The number of imidazole rings is 1. The lowest BCUT2D eigenvalue weighted by Gasteiger charge is -2.08. The summed E-state index contributed by atoms with van der Waals surface area (Å²) in [5.41, 5.74) is 2.94. The summed E-state index contributed by atoms with van der Waals surface area (Å²) in [5.74, 6) is 3.46. The van der Waals surface area contributed by atoms with Crippen molar-refractivity contribution >= 4 is 39.9 Å². The first-order valence-corrected chi connectivity index (χ1v) is 9.77. The van der Waals surface area contributed by atoms with E-state index < -0.39 is 0 Å². The van der Waals surface area contributed by atoms with Crippen LogP contribution in [0.2, 0.25) is 5.02 Å². The van der Waals surface area contributed by atoms with Crippen molar-refractivity contribution in [3.05, 3.63) is 46.3 Å². The quantitative estimate of drug-likeness (QED) is 0.387. The predicted octanol–water partition coefficient (Wildman–Crippen LogP) is 3.35. The molecular formula is C17H14ClN5O2S. The zero-order valence-corrected chi connectivity index (χ0v) is 15.4. The van der Waals surface area contributed by atoms with Gasteiger partial charge in [-0.05, 0) is 24.3 Å². The lowest BCUT2D eigenvalue weighted by atomic mass is 10.1. The Morgan fingerprint density at radius 2 is 2.31 bits per heavy atom. The van der Waals surface area contributed by atoms with Gasteiger partial charge in [0, 0.05) is 29.7 Å². The Kier molecular flexibility index (Phi) is 3.58. The molecule has 1 atom stereocenters. The van der Waals surface area contributed by atoms with E-state index in [4.69, 9.17) is 16.1 Å². The third-order valence-electron chi connectivity index (χ3n) is 4.76. The highest BCUT2D eigenvalue weighted by Crippen LogP contribution is 2.33. The van der Waals surface area contributed by atoms with Crippen LogP contribution >= 0.6 is 23.4 Å². The van der Waals surface area contributed by atoms with Gasteiger partial charge in [0.05, 0.1) is 0 Å². The first kappa shape index (κ1) is 15.9. The number of benzene rings is 1. The summed E-state index contributed by atoms with van der Waals surface area (Å²) < 4.78 is 8.21. The molecule has 1 unspecified atom stereocenters. The topological polar surface area (TPSA) is 83.2 Å². The van der Waals surface area contributed by atoms with Gasteiger partial charge in [0.1, 0.15) is 23.1 Å². The van der Waals surface area contributed by atoms with Gasteiger partial charge in [-0.3, -0.25) is 4.40 Å². The Morgan fingerprint density at radius 3 is 3.12 bits per heavy atom. The lowest BCUT2D eigenvalue weighted by molar-refractivity contribution is -0.583. The van der Waals surface area contributed by atoms with E-state index >= 15 is 0 Å². The number of hydrogen-bond donors (Lipinski definition) is 0. The zero-order valence-electron chi connectivity index (χ0n) is 13.8. The van der Waals surface area contributed by atoms with E-state index in [0.717, 1.165) is 28.2 Å². The Morgan fingerprint density at radius 1 is 1.42 bits per heavy atom. The number of thioether (sulfide) groups is 1. The molecule has 1 aliphatic heterocycles. The normalized spacial score (nSPS) is 17.5. The molecule has 1 aromatic carbocycles. The van der Waals surface area contributed by atoms with Crippen LogP contribution in [-0.4, -0.2) is 31.0 Å². The minimum atomic E-state index is 0.295. The molecule has 7 nitrogen and oxygen atoms in total. The second kappa shape index (κ2) is 5.85. The molecular weight excluding hydrogens is 374 g/mol. The van der Waals surface area contributed by atoms with Crippen molar-refractivity contribution in [3.63, 3.8) is 0 Å². The van der Waals surface area contributed by atoms with E-state index in [-0.39, 0.29) is 0 Å². The molecule has 4 aromatic rings. The standard InChI is InChI=1S/C17H14ClN5O2S/c1-9-15-14(16-20-17(25-21-16)10-4-5-26-7-10)19-8-22(15)12-3-2-11(18)6-13(12)23(9)24/h2-3,6,8,10H,4-5,7H2,1H3. The maximum Gasteiger partial charge on any atom is 0.242 e. The van der Waals surface area contributed by atoms with Crippen LogP contribution in [0.3, 0.4) is 0 Å². The fraction of sp³-hybridized carbons (Fsp3) is 0.294. The van der Waals surface area contributed by atoms with Gasteiger partial charge in [0.25, 0.3) is 0 Å². The molecule has 1 saturated heterocycles. The van der Waals surface area contributed by atoms with E-state index in [1.807, 2.05) is 16.2 Å². The van der Waals surface area contributed by atoms with Crippen LogP contribution in [0.4, 0.5) is 0 Å². The largest absolute Gasteiger partial charge is 0.618 e. The molecule has 0 aliphatic carbocycles. The van der Waals surface area contributed by atoms with Gasteiger partial charge in [-0.1, -0.05) is 16.8 Å². The molecule has 1 fully saturated rings. The number of aryl methyl sites for hydroxylation is 1. The highest BCUT2D eigenvalue weighted by Gasteiger charge is 2.27. The van der Waals surface area contributed by atoms with Gasteiger partial charge in [-0.25, -0.2) is 4.98 Å². The van der Waals surface area contributed by atoms with Crippen molar-refractivity contribution < 1.29 is 9.25 Å². The molecule has 9 heteroatoms. The van der Waals surface area contributed by atoms with Crippen LogP contribution in [0.5, 0.6) is 0 Å². The minimum absolute atomic E-state index is 0.295. The summed E-state index contributed by atoms with van der Waals surface area (Å²) in [5, 5.41) is 17.4. The van der Waals surface area contributed by atoms with Crippen LogP contribution in [0.25, 0.3) is 28.1 Å². The summed E-state index contributed by atoms with van der Waals surface area (Å²) in [6, 6.07) is 5.21. The fourth-order valence-corrected chi connectivity index (χ4v) is 4.78. The minimum Gasteiger partial charge on any atom is -0.618 e. The summed E-state index contributed by atoms with van der Waals surface area (Å²) >= 11 is 7.94. The average molecular weight is 388 g/mol. The van der Waals surface area contributed by atoms with Gasteiger partial charge in [-0.15, -0.1) is 0 Å². The molecule has 5 rings (SSSR count). The molecule has 0 spiro atoms. The van der Waals surface area contributed by atoms with Gasteiger partial charge in [0.15, 0.2) is 0 Å². The SMILES string of the molecule is Cc1c2c(-c3noc(C4CCSC4)n3)ncn2c2ccc(Cl)cc2[n+]1[O-]. The zero-order chi connectivity index (χ0) is 17.8. The molecule has 0 radical (unpaired) electrons. The Hall–Kier alpha value is -2.32. The summed E-state index contributed by atoms with van der Waals surface area (Å²) in [4.78, 5) is 9.02. The highest BCUT2D eigenvalue weighted by molar-refractivity contribution is 7.99. The van der Waals surface area contributed by atoms with Gasteiger partial charge in [0.2, 0.25) is 22.9 Å². The average Bonchev–Trinajstić information content (AvgIpc) is 3.38.